The van der Waals surface area contributed by atoms with Crippen LogP contribution in [0.15, 0.2) is 58.5 Å². The molecule has 1 heterocycles. The highest BCUT2D eigenvalue weighted by atomic mass is 35.5. The molecular formula is C22H24ClN3O2S. The van der Waals surface area contributed by atoms with Crippen LogP contribution in [0.5, 0.6) is 0 Å². The van der Waals surface area contributed by atoms with Crippen molar-refractivity contribution in [3.8, 4) is 5.69 Å². The number of nitrogens with zero attached hydrogens (tertiary/aromatic N) is 2. The highest BCUT2D eigenvalue weighted by Gasteiger charge is 2.20. The first-order valence-corrected chi connectivity index (χ1v) is 10.8. The van der Waals surface area contributed by atoms with Crippen molar-refractivity contribution in [3.63, 3.8) is 0 Å². The van der Waals surface area contributed by atoms with Gasteiger partial charge in [-0.1, -0.05) is 55.4 Å². The van der Waals surface area contributed by atoms with Crippen molar-refractivity contribution in [1.82, 2.24) is 14.9 Å². The lowest BCUT2D eigenvalue weighted by Crippen LogP contribution is -2.33. The zero-order valence-electron chi connectivity index (χ0n) is 16.7. The Balaban J connectivity index is 1.99. The molecule has 0 bridgehead atoms. The van der Waals surface area contributed by atoms with E-state index in [-0.39, 0.29) is 11.5 Å². The Morgan fingerprint density at radius 3 is 2.66 bits per heavy atom. The second-order valence-electron chi connectivity index (χ2n) is 7.27. The number of fused-ring (bicyclic) bond motifs is 1. The number of nitrogens with one attached hydrogen (secondary N) is 1. The molecule has 3 aromatic rings. The molecule has 1 amide bonds. The number of aromatic nitrogens is 2. The molecule has 2 aromatic carbocycles. The summed E-state index contributed by atoms with van der Waals surface area (Å²) in [7, 11) is 0. The number of carbonyl (C=O) groups is 1. The summed E-state index contributed by atoms with van der Waals surface area (Å²) in [5, 5.41) is 4.06. The maximum Gasteiger partial charge on any atom is 0.266 e. The van der Waals surface area contributed by atoms with Gasteiger partial charge in [0.25, 0.3) is 5.56 Å². The third kappa shape index (κ3) is 5.19. The van der Waals surface area contributed by atoms with Gasteiger partial charge >= 0.3 is 0 Å². The van der Waals surface area contributed by atoms with Gasteiger partial charge in [-0.25, -0.2) is 4.98 Å². The van der Waals surface area contributed by atoms with Crippen LogP contribution in [0.4, 0.5) is 0 Å². The van der Waals surface area contributed by atoms with Crippen molar-refractivity contribution in [3.05, 3.63) is 63.9 Å². The Labute approximate surface area is 179 Å². The number of halogens is 1. The molecule has 0 radical (unpaired) electrons. The number of hydrogen-bond acceptors (Lipinski definition) is 4. The van der Waals surface area contributed by atoms with Crippen molar-refractivity contribution in [2.24, 2.45) is 5.92 Å². The summed E-state index contributed by atoms with van der Waals surface area (Å²) in [6.07, 6.45) is 0.921. The molecular weight excluding hydrogens is 406 g/mol. The summed E-state index contributed by atoms with van der Waals surface area (Å²) in [4.78, 5) is 30.4. The van der Waals surface area contributed by atoms with Gasteiger partial charge < -0.3 is 5.32 Å². The maximum absolute atomic E-state index is 13.2. The molecule has 5 nitrogen and oxygen atoms in total. The van der Waals surface area contributed by atoms with E-state index in [1.54, 1.807) is 36.4 Å². The van der Waals surface area contributed by atoms with E-state index in [0.29, 0.717) is 39.2 Å². The molecule has 7 heteroatoms. The van der Waals surface area contributed by atoms with Crippen LogP contribution < -0.4 is 10.9 Å². The molecule has 1 aromatic heterocycles. The van der Waals surface area contributed by atoms with E-state index in [4.69, 9.17) is 11.6 Å². The van der Waals surface area contributed by atoms with E-state index in [1.807, 2.05) is 19.1 Å². The van der Waals surface area contributed by atoms with Gasteiger partial charge in [0, 0.05) is 11.6 Å². The van der Waals surface area contributed by atoms with Crippen molar-refractivity contribution in [1.29, 1.82) is 0 Å². The molecule has 1 atom stereocenters. The van der Waals surface area contributed by atoms with Crippen LogP contribution in [-0.2, 0) is 4.79 Å². The average Bonchev–Trinajstić information content (AvgIpc) is 2.67. The van der Waals surface area contributed by atoms with Crippen molar-refractivity contribution < 1.29 is 4.79 Å². The Morgan fingerprint density at radius 2 is 1.93 bits per heavy atom. The topological polar surface area (TPSA) is 64.0 Å². The molecule has 152 valence electrons. The molecule has 1 N–H and O–H groups in total. The normalized spacial score (nSPS) is 12.3. The van der Waals surface area contributed by atoms with Gasteiger partial charge in [0.1, 0.15) is 0 Å². The van der Waals surface area contributed by atoms with Crippen molar-refractivity contribution in [2.45, 2.75) is 37.6 Å². The predicted molar refractivity (Wildman–Crippen MR) is 120 cm³/mol. The zero-order chi connectivity index (χ0) is 21.0. The van der Waals surface area contributed by atoms with Crippen molar-refractivity contribution >= 4 is 40.2 Å². The fourth-order valence-corrected chi connectivity index (χ4v) is 4.01. The summed E-state index contributed by atoms with van der Waals surface area (Å²) < 4.78 is 1.52. The standard InChI is InChI=1S/C22H24ClN3O2S/c1-14(2)11-12-24-20(27)15(3)29-22-25-19-10-5-4-9-18(19)21(28)26(22)17-8-6-7-16(23)13-17/h4-10,13-15H,11-12H2,1-3H3,(H,24,27). The first kappa shape index (κ1) is 21.4. The third-order valence-electron chi connectivity index (χ3n) is 4.48. The van der Waals surface area contributed by atoms with E-state index < -0.39 is 5.25 Å². The van der Waals surface area contributed by atoms with Crippen LogP contribution in [-0.4, -0.2) is 27.3 Å². The largest absolute Gasteiger partial charge is 0.355 e. The van der Waals surface area contributed by atoms with Gasteiger partial charge in [0.15, 0.2) is 5.16 Å². The van der Waals surface area contributed by atoms with Gasteiger partial charge in [-0.05, 0) is 49.6 Å². The Kier molecular flexibility index (Phi) is 6.98. The summed E-state index contributed by atoms with van der Waals surface area (Å²) >= 11 is 7.41. The third-order valence-corrected chi connectivity index (χ3v) is 5.77. The molecule has 0 fully saturated rings. The fourth-order valence-electron chi connectivity index (χ4n) is 2.87. The zero-order valence-corrected chi connectivity index (χ0v) is 18.3. The monoisotopic (exact) mass is 429 g/mol. The summed E-state index contributed by atoms with van der Waals surface area (Å²) in [5.74, 6) is 0.448. The number of hydrogen-bond donors (Lipinski definition) is 1. The molecule has 0 aliphatic carbocycles. The van der Waals surface area contributed by atoms with Gasteiger partial charge in [-0.3, -0.25) is 14.2 Å². The van der Waals surface area contributed by atoms with E-state index >= 15 is 0 Å². The van der Waals surface area contributed by atoms with Gasteiger partial charge in [-0.15, -0.1) is 0 Å². The lowest BCUT2D eigenvalue weighted by molar-refractivity contribution is -0.120. The van der Waals surface area contributed by atoms with E-state index in [1.165, 1.54) is 16.3 Å². The van der Waals surface area contributed by atoms with Crippen LogP contribution in [0, 0.1) is 5.92 Å². The van der Waals surface area contributed by atoms with Crippen LogP contribution >= 0.6 is 23.4 Å². The Morgan fingerprint density at radius 1 is 1.17 bits per heavy atom. The van der Waals surface area contributed by atoms with Crippen LogP contribution in [0.3, 0.4) is 0 Å². The molecule has 1 unspecified atom stereocenters. The second-order valence-corrected chi connectivity index (χ2v) is 9.01. The second kappa shape index (κ2) is 9.46. The van der Waals surface area contributed by atoms with Crippen molar-refractivity contribution in [2.75, 3.05) is 6.54 Å². The highest BCUT2D eigenvalue weighted by Crippen LogP contribution is 2.26. The summed E-state index contributed by atoms with van der Waals surface area (Å²) in [6.45, 7) is 6.69. The molecule has 0 aliphatic rings. The minimum Gasteiger partial charge on any atom is -0.355 e. The fraction of sp³-hybridized carbons (Fsp3) is 0.318. The highest BCUT2D eigenvalue weighted by molar-refractivity contribution is 8.00. The Bertz CT molecular complexity index is 1080. The molecule has 0 aliphatic heterocycles. The number of para-hydroxylation sites is 1. The lowest BCUT2D eigenvalue weighted by atomic mass is 10.1. The van der Waals surface area contributed by atoms with Crippen LogP contribution in [0.1, 0.15) is 27.2 Å². The molecule has 3 rings (SSSR count). The number of carbonyl (C=O) groups excluding carboxylic acids is 1. The SMILES string of the molecule is CC(C)CCNC(=O)C(C)Sc1nc2ccccc2c(=O)n1-c1cccc(Cl)c1. The smallest absolute Gasteiger partial charge is 0.266 e. The summed E-state index contributed by atoms with van der Waals surface area (Å²) in [5.41, 5.74) is 1.04. The van der Waals surface area contributed by atoms with E-state index in [2.05, 4.69) is 24.1 Å². The first-order valence-electron chi connectivity index (χ1n) is 9.59. The molecule has 29 heavy (non-hydrogen) atoms. The number of thioether (sulfide) groups is 1. The van der Waals surface area contributed by atoms with Gasteiger partial charge in [0.2, 0.25) is 5.91 Å². The summed E-state index contributed by atoms with van der Waals surface area (Å²) in [6, 6.07) is 14.3. The molecule has 0 saturated carbocycles. The average molecular weight is 430 g/mol. The number of benzene rings is 2. The predicted octanol–water partition coefficient (Wildman–Crippen LogP) is 4.68. The number of amides is 1. The first-order chi connectivity index (χ1) is 13.9. The van der Waals surface area contributed by atoms with Crippen LogP contribution in [0.2, 0.25) is 5.02 Å². The maximum atomic E-state index is 13.2. The lowest BCUT2D eigenvalue weighted by Gasteiger charge is -2.17. The van der Waals surface area contributed by atoms with E-state index in [0.717, 1.165) is 6.42 Å². The number of rotatable bonds is 7. The van der Waals surface area contributed by atoms with Gasteiger partial charge in [0.05, 0.1) is 21.8 Å². The van der Waals surface area contributed by atoms with Gasteiger partial charge in [-0.2, -0.15) is 0 Å². The molecule has 0 saturated heterocycles. The quantitative estimate of drug-likeness (QED) is 0.437. The minimum atomic E-state index is -0.402. The molecule has 0 spiro atoms. The van der Waals surface area contributed by atoms with E-state index in [9.17, 15) is 9.59 Å². The Hall–Kier alpha value is -2.31. The minimum absolute atomic E-state index is 0.0734. The van der Waals surface area contributed by atoms with Crippen LogP contribution in [0.25, 0.3) is 16.6 Å².